The monoisotopic (exact) mass is 364 g/mol. The van der Waals surface area contributed by atoms with Crippen LogP contribution in [0.2, 0.25) is 0 Å². The molecule has 2 aliphatic rings. The van der Waals surface area contributed by atoms with Gasteiger partial charge in [0.05, 0.1) is 11.9 Å². The quantitative estimate of drug-likeness (QED) is 0.809. The first-order valence-electron chi connectivity index (χ1n) is 9.16. The number of carbonyl (C=O) groups is 1. The largest absolute Gasteiger partial charge is 0.353 e. The zero-order chi connectivity index (χ0) is 18.0. The number of carbonyl (C=O) groups excluding carboxylic acids is 1. The number of nitrogens with one attached hydrogen (secondary N) is 1. The highest BCUT2D eigenvalue weighted by molar-refractivity contribution is 7.92. The summed E-state index contributed by atoms with van der Waals surface area (Å²) in [5.41, 5.74) is 1.74. The Kier molecular flexibility index (Phi) is 5.37. The van der Waals surface area contributed by atoms with E-state index in [2.05, 4.69) is 5.32 Å². The molecule has 0 heterocycles. The summed E-state index contributed by atoms with van der Waals surface area (Å²) >= 11 is 0. The second-order valence-corrected chi connectivity index (χ2v) is 9.53. The molecule has 0 radical (unpaired) electrons. The molecule has 3 rings (SSSR count). The Morgan fingerprint density at radius 3 is 2.48 bits per heavy atom. The van der Waals surface area contributed by atoms with E-state index in [0.29, 0.717) is 37.0 Å². The zero-order valence-corrected chi connectivity index (χ0v) is 15.9. The van der Waals surface area contributed by atoms with E-state index in [4.69, 9.17) is 0 Å². The third-order valence-corrected chi connectivity index (χ3v) is 6.77. The molecule has 0 aromatic heterocycles. The lowest BCUT2D eigenvalue weighted by molar-refractivity contribution is -0.122. The van der Waals surface area contributed by atoms with E-state index >= 15 is 0 Å². The lowest BCUT2D eigenvalue weighted by Gasteiger charge is -2.24. The van der Waals surface area contributed by atoms with E-state index in [-0.39, 0.29) is 5.91 Å². The molecule has 1 aromatic rings. The lowest BCUT2D eigenvalue weighted by atomic mass is 9.95. The maximum absolute atomic E-state index is 12.2. The zero-order valence-electron chi connectivity index (χ0n) is 15.1. The molecule has 1 amide bonds. The van der Waals surface area contributed by atoms with Gasteiger partial charge in [-0.2, -0.15) is 0 Å². The van der Waals surface area contributed by atoms with Crippen molar-refractivity contribution in [1.29, 1.82) is 0 Å². The summed E-state index contributed by atoms with van der Waals surface area (Å²) in [6.07, 6.45) is 7.04. The van der Waals surface area contributed by atoms with Crippen molar-refractivity contribution in [3.8, 4) is 0 Å². The van der Waals surface area contributed by atoms with E-state index in [1.807, 2.05) is 31.2 Å². The molecule has 2 fully saturated rings. The van der Waals surface area contributed by atoms with Crippen molar-refractivity contribution in [3.63, 3.8) is 0 Å². The fourth-order valence-corrected chi connectivity index (χ4v) is 5.25. The van der Waals surface area contributed by atoms with Crippen molar-refractivity contribution >= 4 is 21.6 Å². The smallest absolute Gasteiger partial charge is 0.232 e. The Morgan fingerprint density at radius 2 is 1.92 bits per heavy atom. The third kappa shape index (κ3) is 4.54. The van der Waals surface area contributed by atoms with Crippen LogP contribution in [0, 0.1) is 18.8 Å². The summed E-state index contributed by atoms with van der Waals surface area (Å²) in [5, 5.41) is 3.16. The summed E-state index contributed by atoms with van der Waals surface area (Å²) in [6, 6.07) is 7.76. The minimum atomic E-state index is -3.36. The molecule has 5 nitrogen and oxygen atoms in total. The summed E-state index contributed by atoms with van der Waals surface area (Å²) in [6.45, 7) is 2.29. The number of benzene rings is 1. The first-order chi connectivity index (χ1) is 11.8. The summed E-state index contributed by atoms with van der Waals surface area (Å²) in [5.74, 6) is 1.52. The Bertz CT molecular complexity index is 715. The van der Waals surface area contributed by atoms with E-state index < -0.39 is 10.0 Å². The fraction of sp³-hybridized carbons (Fsp3) is 0.632. The highest BCUT2D eigenvalue weighted by atomic mass is 32.2. The first kappa shape index (κ1) is 18.2. The van der Waals surface area contributed by atoms with Crippen molar-refractivity contribution in [2.75, 3.05) is 17.1 Å². The maximum atomic E-state index is 12.2. The van der Waals surface area contributed by atoms with Crippen molar-refractivity contribution in [1.82, 2.24) is 5.32 Å². The number of amides is 1. The minimum absolute atomic E-state index is 0.0508. The predicted octanol–water partition coefficient (Wildman–Crippen LogP) is 2.85. The van der Waals surface area contributed by atoms with Crippen molar-refractivity contribution in [2.24, 2.45) is 11.8 Å². The number of nitrogens with zero attached hydrogens (tertiary/aromatic N) is 1. The van der Waals surface area contributed by atoms with Crippen molar-refractivity contribution in [2.45, 2.75) is 51.5 Å². The van der Waals surface area contributed by atoms with Gasteiger partial charge in [0, 0.05) is 19.0 Å². The molecular weight excluding hydrogens is 336 g/mol. The maximum Gasteiger partial charge on any atom is 0.232 e. The Labute approximate surface area is 150 Å². The summed E-state index contributed by atoms with van der Waals surface area (Å²) in [4.78, 5) is 12.2. The molecule has 0 aliphatic heterocycles. The molecule has 1 N–H and O–H groups in total. The van der Waals surface area contributed by atoms with Gasteiger partial charge in [-0.05, 0) is 56.6 Å². The lowest BCUT2D eigenvalue weighted by Crippen LogP contribution is -2.39. The second-order valence-electron chi connectivity index (χ2n) is 7.62. The highest BCUT2D eigenvalue weighted by Gasteiger charge is 2.39. The molecule has 0 unspecified atom stereocenters. The average molecular weight is 365 g/mol. The topological polar surface area (TPSA) is 66.5 Å². The fourth-order valence-electron chi connectivity index (χ4n) is 4.28. The minimum Gasteiger partial charge on any atom is -0.353 e. The van der Waals surface area contributed by atoms with Crippen LogP contribution >= 0.6 is 0 Å². The molecule has 6 heteroatoms. The number of sulfonamides is 1. The molecule has 2 aliphatic carbocycles. The third-order valence-electron chi connectivity index (χ3n) is 5.57. The van der Waals surface area contributed by atoms with Crippen LogP contribution in [0.1, 0.15) is 44.1 Å². The molecule has 0 spiro atoms. The van der Waals surface area contributed by atoms with Crippen LogP contribution in [0.5, 0.6) is 0 Å². The van der Waals surface area contributed by atoms with Gasteiger partial charge < -0.3 is 5.32 Å². The van der Waals surface area contributed by atoms with Crippen LogP contribution in [-0.2, 0) is 14.8 Å². The highest BCUT2D eigenvalue weighted by Crippen LogP contribution is 2.44. The molecule has 0 saturated heterocycles. The molecule has 3 atom stereocenters. The summed E-state index contributed by atoms with van der Waals surface area (Å²) in [7, 11) is -3.36. The van der Waals surface area contributed by atoms with Crippen LogP contribution in [0.3, 0.4) is 0 Å². The summed E-state index contributed by atoms with van der Waals surface area (Å²) < 4.78 is 25.6. The van der Waals surface area contributed by atoms with Gasteiger partial charge in [-0.15, -0.1) is 0 Å². The number of aryl methyl sites for hydroxylation is 1. The van der Waals surface area contributed by atoms with Gasteiger partial charge in [0.2, 0.25) is 15.9 Å². The van der Waals surface area contributed by atoms with Crippen molar-refractivity contribution in [3.05, 3.63) is 29.8 Å². The van der Waals surface area contributed by atoms with Crippen LogP contribution in [-0.4, -0.2) is 33.2 Å². The first-order valence-corrected chi connectivity index (χ1v) is 11.0. The molecule has 2 bridgehead atoms. The van der Waals surface area contributed by atoms with Crippen LogP contribution < -0.4 is 9.62 Å². The number of hydrogen-bond acceptors (Lipinski definition) is 3. The van der Waals surface area contributed by atoms with Crippen molar-refractivity contribution < 1.29 is 13.2 Å². The van der Waals surface area contributed by atoms with E-state index in [0.717, 1.165) is 17.9 Å². The van der Waals surface area contributed by atoms with E-state index in [1.54, 1.807) is 0 Å². The van der Waals surface area contributed by atoms with Crippen LogP contribution in [0.4, 0.5) is 5.69 Å². The SMILES string of the molecule is Cc1ccc(N(CCCC(=O)N[C@@H]2C[C@H]3CC[C@H]2C3)S(C)(=O)=O)cc1. The number of anilines is 1. The van der Waals surface area contributed by atoms with Gasteiger partial charge in [0.25, 0.3) is 0 Å². The van der Waals surface area contributed by atoms with Crippen LogP contribution in [0.25, 0.3) is 0 Å². The number of rotatable bonds is 7. The Morgan fingerprint density at radius 1 is 1.20 bits per heavy atom. The van der Waals surface area contributed by atoms with Gasteiger partial charge >= 0.3 is 0 Å². The van der Waals surface area contributed by atoms with Crippen LogP contribution in [0.15, 0.2) is 24.3 Å². The molecule has 138 valence electrons. The predicted molar refractivity (Wildman–Crippen MR) is 100.0 cm³/mol. The molecule has 2 saturated carbocycles. The molecule has 1 aromatic carbocycles. The molecule has 25 heavy (non-hydrogen) atoms. The van der Waals surface area contributed by atoms with Gasteiger partial charge in [-0.3, -0.25) is 9.10 Å². The van der Waals surface area contributed by atoms with E-state index in [1.165, 1.54) is 29.8 Å². The Hall–Kier alpha value is -1.56. The number of hydrogen-bond donors (Lipinski definition) is 1. The average Bonchev–Trinajstić information content (AvgIpc) is 3.14. The molecular formula is C19H28N2O3S. The normalized spacial score (nSPS) is 25.1. The second kappa shape index (κ2) is 7.36. The standard InChI is InChI=1S/C19H28N2O3S/c1-14-5-9-17(10-6-14)21(25(2,23)24)11-3-4-19(22)20-18-13-15-7-8-16(18)12-15/h5-6,9-10,15-16,18H,3-4,7-8,11-13H2,1-2H3,(H,20,22)/t15-,16-,18+/m0/s1. The van der Waals surface area contributed by atoms with Gasteiger partial charge in [-0.25, -0.2) is 8.42 Å². The van der Waals surface area contributed by atoms with E-state index in [9.17, 15) is 13.2 Å². The van der Waals surface area contributed by atoms with Gasteiger partial charge in [-0.1, -0.05) is 24.1 Å². The number of fused-ring (bicyclic) bond motifs is 2. The van der Waals surface area contributed by atoms with Gasteiger partial charge in [0.1, 0.15) is 0 Å². The Balaban J connectivity index is 1.51. The van der Waals surface area contributed by atoms with Gasteiger partial charge in [0.15, 0.2) is 0 Å².